The number of thiophene rings is 1. The number of halogens is 1. The van der Waals surface area contributed by atoms with Crippen molar-refractivity contribution < 1.29 is 0 Å². The molecule has 3 rings (SSSR count). The van der Waals surface area contributed by atoms with Crippen molar-refractivity contribution in [2.24, 2.45) is 0 Å². The lowest BCUT2D eigenvalue weighted by atomic mass is 10.0. The molecule has 0 atom stereocenters. The highest BCUT2D eigenvalue weighted by Crippen LogP contribution is 2.34. The summed E-state index contributed by atoms with van der Waals surface area (Å²) in [6, 6.07) is 4.20. The molecule has 15 heavy (non-hydrogen) atoms. The van der Waals surface area contributed by atoms with E-state index in [0.29, 0.717) is 5.92 Å². The topological polar surface area (TPSA) is 24.9 Å². The highest BCUT2D eigenvalue weighted by atomic mass is 79.9. The molecule has 0 unspecified atom stereocenters. The van der Waals surface area contributed by atoms with Crippen LogP contribution in [0.5, 0.6) is 0 Å². The minimum atomic E-state index is 0.637. The second kappa shape index (κ2) is 3.97. The summed E-state index contributed by atoms with van der Waals surface area (Å²) in [5.41, 5.74) is 1.25. The van der Waals surface area contributed by atoms with Crippen molar-refractivity contribution in [1.82, 2.24) is 10.3 Å². The zero-order valence-electron chi connectivity index (χ0n) is 7.87. The van der Waals surface area contributed by atoms with Crippen molar-refractivity contribution >= 4 is 38.6 Å². The van der Waals surface area contributed by atoms with Crippen LogP contribution in [0.15, 0.2) is 21.3 Å². The summed E-state index contributed by atoms with van der Waals surface area (Å²) in [6.45, 7) is 2.16. The molecule has 0 bridgehead atoms. The van der Waals surface area contributed by atoms with E-state index in [1.165, 1.54) is 14.4 Å². The zero-order valence-corrected chi connectivity index (χ0v) is 11.1. The van der Waals surface area contributed by atoms with Crippen LogP contribution in [0.2, 0.25) is 0 Å². The molecular formula is C10H9BrN2S2. The van der Waals surface area contributed by atoms with Gasteiger partial charge in [-0.3, -0.25) is 0 Å². The Hall–Kier alpha value is -0.230. The largest absolute Gasteiger partial charge is 0.315 e. The summed E-state index contributed by atoms with van der Waals surface area (Å²) >= 11 is 6.96. The molecule has 1 N–H and O–H groups in total. The second-order valence-electron chi connectivity index (χ2n) is 3.54. The van der Waals surface area contributed by atoms with E-state index in [0.717, 1.165) is 18.1 Å². The normalized spacial score (nSPS) is 16.6. The minimum Gasteiger partial charge on any atom is -0.315 e. The number of hydrogen-bond donors (Lipinski definition) is 1. The first-order valence-corrected chi connectivity index (χ1v) is 7.24. The summed E-state index contributed by atoms with van der Waals surface area (Å²) < 4.78 is 1.17. The lowest BCUT2D eigenvalue weighted by Crippen LogP contribution is -2.40. The lowest BCUT2D eigenvalue weighted by Gasteiger charge is -2.25. The molecule has 2 aromatic heterocycles. The van der Waals surface area contributed by atoms with Gasteiger partial charge in [-0.1, -0.05) is 0 Å². The van der Waals surface area contributed by atoms with E-state index in [1.54, 1.807) is 22.7 Å². The number of nitrogens with one attached hydrogen (secondary N) is 1. The first-order chi connectivity index (χ1) is 7.33. The summed E-state index contributed by atoms with van der Waals surface area (Å²) in [7, 11) is 0. The van der Waals surface area contributed by atoms with Gasteiger partial charge in [-0.05, 0) is 28.1 Å². The number of rotatable bonds is 2. The molecule has 1 aliphatic heterocycles. The molecule has 2 aromatic rings. The Bertz CT molecular complexity index is 473. The summed E-state index contributed by atoms with van der Waals surface area (Å²) in [5, 5.41) is 6.61. The van der Waals surface area contributed by atoms with E-state index in [4.69, 9.17) is 0 Å². The third kappa shape index (κ3) is 1.89. The average Bonchev–Trinajstić information content (AvgIpc) is 2.70. The van der Waals surface area contributed by atoms with Crippen LogP contribution in [0.25, 0.3) is 9.88 Å². The average molecular weight is 301 g/mol. The van der Waals surface area contributed by atoms with Crippen molar-refractivity contribution in [3.63, 3.8) is 0 Å². The van der Waals surface area contributed by atoms with Crippen LogP contribution < -0.4 is 5.32 Å². The van der Waals surface area contributed by atoms with E-state index in [1.807, 2.05) is 0 Å². The van der Waals surface area contributed by atoms with Crippen molar-refractivity contribution in [3.05, 3.63) is 27.0 Å². The van der Waals surface area contributed by atoms with Crippen LogP contribution in [0.3, 0.4) is 0 Å². The fourth-order valence-electron chi connectivity index (χ4n) is 1.51. The molecule has 1 saturated heterocycles. The number of hydrogen-bond acceptors (Lipinski definition) is 4. The van der Waals surface area contributed by atoms with E-state index < -0.39 is 0 Å². The predicted octanol–water partition coefficient (Wildman–Crippen LogP) is 3.32. The van der Waals surface area contributed by atoms with Crippen LogP contribution >= 0.6 is 38.6 Å². The quantitative estimate of drug-likeness (QED) is 0.920. The van der Waals surface area contributed by atoms with Gasteiger partial charge < -0.3 is 5.32 Å². The van der Waals surface area contributed by atoms with Gasteiger partial charge in [0.15, 0.2) is 0 Å². The maximum atomic E-state index is 4.68. The van der Waals surface area contributed by atoms with Gasteiger partial charge in [-0.15, -0.1) is 22.7 Å². The number of nitrogens with zero attached hydrogens (tertiary/aromatic N) is 1. The van der Waals surface area contributed by atoms with Crippen LogP contribution in [0.4, 0.5) is 0 Å². The van der Waals surface area contributed by atoms with E-state index >= 15 is 0 Å². The molecule has 0 saturated carbocycles. The van der Waals surface area contributed by atoms with Gasteiger partial charge in [0, 0.05) is 24.4 Å². The van der Waals surface area contributed by atoms with Crippen molar-refractivity contribution in [2.45, 2.75) is 5.92 Å². The van der Waals surface area contributed by atoms with Crippen LogP contribution in [-0.4, -0.2) is 18.1 Å². The fraction of sp³-hybridized carbons (Fsp3) is 0.300. The summed E-state index contributed by atoms with van der Waals surface area (Å²) in [4.78, 5) is 5.94. The smallest absolute Gasteiger partial charge is 0.133 e. The maximum Gasteiger partial charge on any atom is 0.133 e. The highest BCUT2D eigenvalue weighted by molar-refractivity contribution is 9.11. The van der Waals surface area contributed by atoms with Crippen molar-refractivity contribution in [3.8, 4) is 9.88 Å². The molecule has 0 aromatic carbocycles. The monoisotopic (exact) mass is 300 g/mol. The Balaban J connectivity index is 1.89. The summed E-state index contributed by atoms with van der Waals surface area (Å²) in [5.74, 6) is 0.637. The van der Waals surface area contributed by atoms with Gasteiger partial charge in [0.2, 0.25) is 0 Å². The van der Waals surface area contributed by atoms with Gasteiger partial charge in [0.05, 0.1) is 14.4 Å². The molecule has 1 aliphatic rings. The van der Waals surface area contributed by atoms with Crippen LogP contribution in [0.1, 0.15) is 11.6 Å². The van der Waals surface area contributed by atoms with Crippen LogP contribution in [0, 0.1) is 0 Å². The molecule has 78 valence electrons. The predicted molar refractivity (Wildman–Crippen MR) is 68.7 cm³/mol. The molecule has 0 radical (unpaired) electrons. The molecule has 3 heterocycles. The van der Waals surface area contributed by atoms with Crippen molar-refractivity contribution in [2.75, 3.05) is 13.1 Å². The highest BCUT2D eigenvalue weighted by Gasteiger charge is 2.21. The standard InChI is InChI=1S/C10H9BrN2S2/c11-9-2-1-8(15-9)10-13-7(5-14-10)6-3-12-4-6/h1-2,5-6,12H,3-4H2. The molecule has 5 heteroatoms. The molecule has 0 aliphatic carbocycles. The van der Waals surface area contributed by atoms with E-state index in [9.17, 15) is 0 Å². The molecule has 0 amide bonds. The zero-order chi connectivity index (χ0) is 10.3. The Morgan fingerprint density at radius 2 is 2.27 bits per heavy atom. The number of thiazole rings is 1. The summed E-state index contributed by atoms with van der Waals surface area (Å²) in [6.07, 6.45) is 0. The number of aromatic nitrogens is 1. The van der Waals surface area contributed by atoms with Gasteiger partial charge in [0.25, 0.3) is 0 Å². The van der Waals surface area contributed by atoms with Gasteiger partial charge in [-0.2, -0.15) is 0 Å². The minimum absolute atomic E-state index is 0.637. The molecule has 0 spiro atoms. The second-order valence-corrected chi connectivity index (χ2v) is 6.86. The molecule has 1 fully saturated rings. The Kier molecular flexibility index (Phi) is 2.64. The molecular weight excluding hydrogens is 292 g/mol. The third-order valence-corrected chi connectivity index (χ3v) is 5.16. The lowest BCUT2D eigenvalue weighted by molar-refractivity contribution is 0.441. The van der Waals surface area contributed by atoms with E-state index in [2.05, 4.69) is 43.7 Å². The fourth-order valence-corrected chi connectivity index (χ4v) is 3.87. The Morgan fingerprint density at radius 1 is 1.40 bits per heavy atom. The molecule has 2 nitrogen and oxygen atoms in total. The first kappa shape index (κ1) is 9.96. The van der Waals surface area contributed by atoms with Gasteiger partial charge >= 0.3 is 0 Å². The van der Waals surface area contributed by atoms with Gasteiger partial charge in [-0.25, -0.2) is 4.98 Å². The van der Waals surface area contributed by atoms with Crippen molar-refractivity contribution in [1.29, 1.82) is 0 Å². The van der Waals surface area contributed by atoms with Crippen LogP contribution in [-0.2, 0) is 0 Å². The third-order valence-electron chi connectivity index (χ3n) is 2.51. The van der Waals surface area contributed by atoms with Gasteiger partial charge in [0.1, 0.15) is 5.01 Å². The Morgan fingerprint density at radius 3 is 2.87 bits per heavy atom. The Labute approximate surface area is 104 Å². The first-order valence-electron chi connectivity index (χ1n) is 4.75. The van der Waals surface area contributed by atoms with E-state index in [-0.39, 0.29) is 0 Å². The maximum absolute atomic E-state index is 4.68. The SMILES string of the molecule is Brc1ccc(-c2nc(C3CNC3)cs2)s1.